The number of hydrogen-bond donors (Lipinski definition) is 2. The number of hydrogen-bond acceptors (Lipinski definition) is 7. The van der Waals surface area contributed by atoms with Crippen LogP contribution in [0.3, 0.4) is 0 Å². The number of carbonyl (C=O) groups excluding carboxylic acids is 1. The largest absolute Gasteiger partial charge is 0.497 e. The second kappa shape index (κ2) is 11.1. The molecule has 1 saturated heterocycles. The Hall–Kier alpha value is -4.18. The minimum Gasteiger partial charge on any atom is -0.497 e. The number of benzene rings is 2. The fourth-order valence-electron chi connectivity index (χ4n) is 6.00. The normalized spacial score (nSPS) is 16.8. The monoisotopic (exact) mass is 543 g/mol. The first kappa shape index (κ1) is 26.1. The number of primary amides is 1. The number of piperazine rings is 1. The number of amides is 1. The van der Waals surface area contributed by atoms with Crippen molar-refractivity contribution in [2.45, 2.75) is 38.1 Å². The third kappa shape index (κ3) is 5.19. The van der Waals surface area contributed by atoms with Crippen molar-refractivity contribution in [2.75, 3.05) is 43.5 Å². The van der Waals surface area contributed by atoms with Crippen molar-refractivity contribution in [3.63, 3.8) is 0 Å². The van der Waals surface area contributed by atoms with Gasteiger partial charge in [-0.15, -0.1) is 0 Å². The van der Waals surface area contributed by atoms with Crippen molar-refractivity contribution in [1.29, 1.82) is 0 Å². The molecule has 2 aromatic heterocycles. The number of nitrogens with zero attached hydrogens (tertiary/aromatic N) is 5. The Balaban J connectivity index is 1.22. The Labute approximate surface area is 232 Å². The van der Waals surface area contributed by atoms with Gasteiger partial charge in [-0.25, -0.2) is 9.37 Å². The summed E-state index contributed by atoms with van der Waals surface area (Å²) in [5.74, 6) is -0.435. The molecule has 3 N–H and O–H groups in total. The lowest BCUT2D eigenvalue weighted by Gasteiger charge is -2.41. The molecule has 0 bridgehead atoms. The van der Waals surface area contributed by atoms with Gasteiger partial charge in [-0.05, 0) is 49.2 Å². The van der Waals surface area contributed by atoms with E-state index in [0.29, 0.717) is 16.7 Å². The maximum atomic E-state index is 15.0. The Morgan fingerprint density at radius 1 is 1.07 bits per heavy atom. The molecule has 0 radical (unpaired) electrons. The van der Waals surface area contributed by atoms with Crippen molar-refractivity contribution in [1.82, 2.24) is 19.4 Å². The first-order chi connectivity index (χ1) is 19.5. The number of carbonyl (C=O) groups is 1. The molecule has 1 aliphatic heterocycles. The summed E-state index contributed by atoms with van der Waals surface area (Å²) in [6, 6.07) is 14.1. The highest BCUT2D eigenvalue weighted by molar-refractivity contribution is 6.07. The quantitative estimate of drug-likeness (QED) is 0.343. The zero-order chi connectivity index (χ0) is 27.6. The molecule has 1 aliphatic carbocycles. The molecule has 10 heteroatoms. The van der Waals surface area contributed by atoms with Crippen LogP contribution in [0.15, 0.2) is 54.9 Å². The lowest BCUT2D eigenvalue weighted by atomic mass is 9.94. The SMILES string of the molecule is COc1ccc2c(c1)c(C(N)=O)cn2-c1nc(Nc2cccc(N3CCN(C4CCCCC4)CC3)c2)ncc1F. The molecule has 2 fully saturated rings. The van der Waals surface area contributed by atoms with Gasteiger partial charge in [0.25, 0.3) is 5.91 Å². The number of methoxy groups -OCH3 is 1. The Morgan fingerprint density at radius 2 is 1.88 bits per heavy atom. The molecule has 6 rings (SSSR count). The second-order valence-corrected chi connectivity index (χ2v) is 10.5. The first-order valence-electron chi connectivity index (χ1n) is 13.9. The maximum Gasteiger partial charge on any atom is 0.250 e. The summed E-state index contributed by atoms with van der Waals surface area (Å²) >= 11 is 0. The van der Waals surface area contributed by atoms with Crippen LogP contribution in [-0.2, 0) is 0 Å². The zero-order valence-corrected chi connectivity index (χ0v) is 22.6. The summed E-state index contributed by atoms with van der Waals surface area (Å²) in [4.78, 5) is 25.8. The van der Waals surface area contributed by atoms with Crippen LogP contribution in [0.5, 0.6) is 5.75 Å². The van der Waals surface area contributed by atoms with E-state index in [2.05, 4.69) is 37.2 Å². The molecule has 9 nitrogen and oxygen atoms in total. The lowest BCUT2D eigenvalue weighted by molar-refractivity contribution is 0.100. The predicted octanol–water partition coefficient (Wildman–Crippen LogP) is 4.87. The Kier molecular flexibility index (Phi) is 7.25. The number of halogens is 1. The van der Waals surface area contributed by atoms with E-state index in [9.17, 15) is 4.79 Å². The van der Waals surface area contributed by atoms with Crippen molar-refractivity contribution in [2.24, 2.45) is 5.73 Å². The summed E-state index contributed by atoms with van der Waals surface area (Å²) in [6.45, 7) is 4.14. The van der Waals surface area contributed by atoms with E-state index in [1.54, 1.807) is 18.2 Å². The van der Waals surface area contributed by atoms with Crippen molar-refractivity contribution in [3.8, 4) is 11.6 Å². The van der Waals surface area contributed by atoms with Gasteiger partial charge in [0.05, 0.1) is 24.4 Å². The number of ether oxygens (including phenoxy) is 1. The Bertz CT molecular complexity index is 1520. The smallest absolute Gasteiger partial charge is 0.250 e. The van der Waals surface area contributed by atoms with Crippen molar-refractivity contribution in [3.05, 3.63) is 66.2 Å². The maximum absolute atomic E-state index is 15.0. The van der Waals surface area contributed by atoms with Crippen LogP contribution in [0.1, 0.15) is 42.5 Å². The predicted molar refractivity (Wildman–Crippen MR) is 154 cm³/mol. The average molecular weight is 544 g/mol. The van der Waals surface area contributed by atoms with E-state index >= 15 is 4.39 Å². The highest BCUT2D eigenvalue weighted by Gasteiger charge is 2.25. The van der Waals surface area contributed by atoms with Gasteiger partial charge in [0.2, 0.25) is 5.95 Å². The number of fused-ring (bicyclic) bond motifs is 1. The molecule has 2 aliphatic rings. The third-order valence-electron chi connectivity index (χ3n) is 8.10. The molecule has 0 atom stereocenters. The van der Waals surface area contributed by atoms with E-state index < -0.39 is 11.7 Å². The molecule has 0 spiro atoms. The van der Waals surface area contributed by atoms with Gasteiger partial charge >= 0.3 is 0 Å². The molecule has 40 heavy (non-hydrogen) atoms. The number of nitrogens with two attached hydrogens (primary N) is 1. The van der Waals surface area contributed by atoms with Gasteiger partial charge in [-0.1, -0.05) is 25.3 Å². The van der Waals surface area contributed by atoms with Crippen molar-refractivity contribution < 1.29 is 13.9 Å². The third-order valence-corrected chi connectivity index (χ3v) is 8.10. The molecular weight excluding hydrogens is 509 g/mol. The van der Waals surface area contributed by atoms with Gasteiger partial charge in [0.15, 0.2) is 11.6 Å². The molecule has 3 heterocycles. The fraction of sp³-hybridized carbons (Fsp3) is 0.367. The van der Waals surface area contributed by atoms with Gasteiger partial charge in [-0.2, -0.15) is 4.98 Å². The summed E-state index contributed by atoms with van der Waals surface area (Å²) in [5.41, 5.74) is 8.38. The first-order valence-corrected chi connectivity index (χ1v) is 13.9. The van der Waals surface area contributed by atoms with E-state index in [4.69, 9.17) is 10.5 Å². The van der Waals surface area contributed by atoms with Gasteiger partial charge < -0.3 is 20.7 Å². The van der Waals surface area contributed by atoms with Crippen LogP contribution in [0.4, 0.5) is 21.7 Å². The summed E-state index contributed by atoms with van der Waals surface area (Å²) in [5, 5.41) is 3.78. The summed E-state index contributed by atoms with van der Waals surface area (Å²) in [7, 11) is 1.54. The van der Waals surface area contributed by atoms with Crippen LogP contribution < -0.4 is 20.7 Å². The average Bonchev–Trinajstić information content (AvgIpc) is 3.38. The summed E-state index contributed by atoms with van der Waals surface area (Å²) < 4.78 is 21.8. The molecule has 4 aromatic rings. The Morgan fingerprint density at radius 3 is 2.62 bits per heavy atom. The lowest BCUT2D eigenvalue weighted by Crippen LogP contribution is -2.50. The van der Waals surface area contributed by atoms with Crippen molar-refractivity contribution >= 4 is 34.1 Å². The molecule has 208 valence electrons. The zero-order valence-electron chi connectivity index (χ0n) is 22.6. The van der Waals surface area contributed by atoms with E-state index in [-0.39, 0.29) is 17.3 Å². The van der Waals surface area contributed by atoms with Crippen LogP contribution in [0.2, 0.25) is 0 Å². The minimum absolute atomic E-state index is 0.00940. The molecule has 0 unspecified atom stereocenters. The van der Waals surface area contributed by atoms with E-state index in [1.807, 2.05) is 12.1 Å². The second-order valence-electron chi connectivity index (χ2n) is 10.5. The molecule has 1 amide bonds. The van der Waals surface area contributed by atoms with Crippen LogP contribution in [-0.4, -0.2) is 64.7 Å². The highest BCUT2D eigenvalue weighted by atomic mass is 19.1. The van der Waals surface area contributed by atoms with Gasteiger partial charge in [0, 0.05) is 55.2 Å². The number of anilines is 3. The van der Waals surface area contributed by atoms with E-state index in [0.717, 1.165) is 49.8 Å². The number of nitrogens with one attached hydrogen (secondary N) is 1. The fourth-order valence-corrected chi connectivity index (χ4v) is 6.00. The summed E-state index contributed by atoms with van der Waals surface area (Å²) in [6.07, 6.45) is 9.36. The van der Waals surface area contributed by atoms with Gasteiger partial charge in [0.1, 0.15) is 5.75 Å². The molecular formula is C30H34FN7O2. The van der Waals surface area contributed by atoms with Crippen LogP contribution >= 0.6 is 0 Å². The highest BCUT2D eigenvalue weighted by Crippen LogP contribution is 2.30. The molecule has 2 aromatic carbocycles. The van der Waals surface area contributed by atoms with Crippen LogP contribution in [0.25, 0.3) is 16.7 Å². The minimum atomic E-state index is -0.626. The van der Waals surface area contributed by atoms with Gasteiger partial charge in [-0.3, -0.25) is 14.3 Å². The van der Waals surface area contributed by atoms with E-state index in [1.165, 1.54) is 50.0 Å². The molecule has 1 saturated carbocycles. The number of aromatic nitrogens is 3. The topological polar surface area (TPSA) is 102 Å². The van der Waals surface area contributed by atoms with Crippen LogP contribution in [0, 0.1) is 5.82 Å². The standard InChI is InChI=1S/C30H34FN7O2/c1-40-23-10-11-27-24(17-23)25(28(32)39)19-38(27)29-26(31)18-33-30(35-29)34-20-6-5-9-22(16-20)37-14-12-36(13-15-37)21-7-3-2-4-8-21/h5-6,9-11,16-19,21H,2-4,7-8,12-15H2,1H3,(H2,32,39)(H,33,34,35). The number of rotatable bonds is 7.